The number of anilines is 1. The van der Waals surface area contributed by atoms with Crippen LogP contribution >= 0.6 is 11.6 Å². The third-order valence-corrected chi connectivity index (χ3v) is 5.95. The zero-order valence-electron chi connectivity index (χ0n) is 20.7. The average Bonchev–Trinajstić information content (AvgIpc) is 2.81. The molecule has 6 heteroatoms. The minimum Gasteiger partial charge on any atom is -0.366 e. The van der Waals surface area contributed by atoms with Gasteiger partial charge in [-0.1, -0.05) is 23.7 Å². The van der Waals surface area contributed by atoms with Crippen molar-refractivity contribution < 1.29 is 9.53 Å². The number of rotatable bonds is 7. The van der Waals surface area contributed by atoms with E-state index in [1.807, 2.05) is 76.2 Å². The number of carbonyl (C=O) groups excluding carboxylic acids is 1. The van der Waals surface area contributed by atoms with Crippen molar-refractivity contribution in [3.05, 3.63) is 88.7 Å². The predicted octanol–water partition coefficient (Wildman–Crippen LogP) is 7.32. The van der Waals surface area contributed by atoms with Crippen molar-refractivity contribution in [2.75, 3.05) is 5.32 Å². The Labute approximate surface area is 211 Å². The highest BCUT2D eigenvalue weighted by Crippen LogP contribution is 2.41. The molecule has 0 aliphatic rings. The largest absolute Gasteiger partial charge is 0.366 e. The lowest BCUT2D eigenvalue weighted by Gasteiger charge is -2.29. The zero-order valence-corrected chi connectivity index (χ0v) is 21.5. The van der Waals surface area contributed by atoms with E-state index in [2.05, 4.69) is 16.4 Å². The highest BCUT2D eigenvalue weighted by atomic mass is 35.5. The zero-order chi connectivity index (χ0) is 25.2. The summed E-state index contributed by atoms with van der Waals surface area (Å²) in [5, 5.41) is 5.00. The van der Waals surface area contributed by atoms with E-state index in [9.17, 15) is 4.79 Å². The summed E-state index contributed by atoms with van der Waals surface area (Å²) in [6.45, 7) is 10.1. The number of carbonyl (C=O) groups is 1. The Balaban J connectivity index is 1.87. The maximum absolute atomic E-state index is 12.8. The summed E-state index contributed by atoms with van der Waals surface area (Å²) >= 11 is 6.19. The molecule has 2 heterocycles. The number of ketones is 1. The van der Waals surface area contributed by atoms with Gasteiger partial charge in [0.15, 0.2) is 5.78 Å². The van der Waals surface area contributed by atoms with Crippen molar-refractivity contribution in [3.8, 4) is 11.1 Å². The van der Waals surface area contributed by atoms with E-state index in [1.165, 1.54) is 0 Å². The van der Waals surface area contributed by atoms with E-state index in [0.717, 1.165) is 44.5 Å². The van der Waals surface area contributed by atoms with Crippen molar-refractivity contribution in [3.63, 3.8) is 0 Å². The summed E-state index contributed by atoms with van der Waals surface area (Å²) < 4.78 is 6.30. The fourth-order valence-corrected chi connectivity index (χ4v) is 4.30. The number of aryl methyl sites for hydroxylation is 1. The number of benzene rings is 2. The molecule has 0 radical (unpaired) electrons. The lowest BCUT2D eigenvalue weighted by Crippen LogP contribution is -2.27. The lowest BCUT2D eigenvalue weighted by molar-refractivity contribution is -0.138. The van der Waals surface area contributed by atoms with Crippen molar-refractivity contribution in [1.29, 1.82) is 0 Å². The van der Waals surface area contributed by atoms with E-state index < -0.39 is 11.7 Å². The van der Waals surface area contributed by atoms with Gasteiger partial charge in [0.05, 0.1) is 11.1 Å². The van der Waals surface area contributed by atoms with E-state index in [0.29, 0.717) is 11.6 Å². The van der Waals surface area contributed by atoms with Crippen LogP contribution in [0.15, 0.2) is 67.0 Å². The van der Waals surface area contributed by atoms with Crippen LogP contribution in [0.4, 0.5) is 5.82 Å². The topological polar surface area (TPSA) is 64.1 Å². The van der Waals surface area contributed by atoms with Gasteiger partial charge in [-0.3, -0.25) is 9.78 Å². The van der Waals surface area contributed by atoms with Crippen LogP contribution in [0, 0.1) is 6.92 Å². The number of nitrogens with zero attached hydrogens (tertiary/aromatic N) is 2. The smallest absolute Gasteiger partial charge is 0.163 e. The molecule has 0 fully saturated rings. The maximum atomic E-state index is 12.8. The lowest BCUT2D eigenvalue weighted by atomic mass is 9.87. The number of nitrogens with one attached hydrogen (secondary N) is 1. The molecule has 2 aromatic heterocycles. The molecular formula is C29H30ClN3O2. The number of aromatic nitrogens is 2. The second-order valence-corrected chi connectivity index (χ2v) is 10.1. The predicted molar refractivity (Wildman–Crippen MR) is 143 cm³/mol. The maximum Gasteiger partial charge on any atom is 0.163 e. The minimum absolute atomic E-state index is 0.0406. The molecule has 0 bridgehead atoms. The van der Waals surface area contributed by atoms with Crippen LogP contribution in [-0.2, 0) is 16.1 Å². The molecule has 0 spiro atoms. The van der Waals surface area contributed by atoms with Crippen LogP contribution in [0.1, 0.15) is 50.5 Å². The Kier molecular flexibility index (Phi) is 7.20. The van der Waals surface area contributed by atoms with Gasteiger partial charge in [0, 0.05) is 29.3 Å². The first-order chi connectivity index (χ1) is 16.6. The van der Waals surface area contributed by atoms with E-state index >= 15 is 0 Å². The van der Waals surface area contributed by atoms with Gasteiger partial charge >= 0.3 is 0 Å². The van der Waals surface area contributed by atoms with Crippen molar-refractivity contribution in [2.24, 2.45) is 0 Å². The molecule has 0 aliphatic carbocycles. The number of halogens is 1. The number of hydrogen-bond donors (Lipinski definition) is 1. The van der Waals surface area contributed by atoms with Crippen LogP contribution in [0.3, 0.4) is 0 Å². The standard InChI is InChI=1S/C29H30ClN3O2/c1-18-16-24-23(10-11-25(33-24)32-17-20-12-14-31-15-13-20)27(21-6-8-22(30)9-7-21)26(18)28(19(2)34)35-29(3,4)5/h6-16,28H,17H2,1-5H3,(H,32,33)/t28-/m1/s1. The third-order valence-electron chi connectivity index (χ3n) is 5.70. The molecule has 0 unspecified atom stereocenters. The third kappa shape index (κ3) is 5.87. The van der Waals surface area contributed by atoms with Crippen molar-refractivity contribution in [1.82, 2.24) is 9.97 Å². The minimum atomic E-state index is -0.699. The molecule has 2 aromatic carbocycles. The molecule has 35 heavy (non-hydrogen) atoms. The van der Waals surface area contributed by atoms with Gasteiger partial charge in [-0.05, 0) is 105 Å². The quantitative estimate of drug-likeness (QED) is 0.296. The summed E-state index contributed by atoms with van der Waals surface area (Å²) in [5.74, 6) is 0.735. The van der Waals surface area contributed by atoms with Gasteiger partial charge < -0.3 is 10.1 Å². The van der Waals surface area contributed by atoms with Crippen LogP contribution in [0.5, 0.6) is 0 Å². The Morgan fingerprint density at radius 1 is 1.06 bits per heavy atom. The number of ether oxygens (including phenoxy) is 1. The Morgan fingerprint density at radius 2 is 1.74 bits per heavy atom. The average molecular weight is 488 g/mol. The highest BCUT2D eigenvalue weighted by molar-refractivity contribution is 6.30. The SMILES string of the molecule is CC(=O)[C@@H](OC(C)(C)C)c1c(C)cc2nc(NCc3ccncc3)ccc2c1-c1ccc(Cl)cc1. The first kappa shape index (κ1) is 24.8. The summed E-state index contributed by atoms with van der Waals surface area (Å²) in [6, 6.07) is 17.7. The van der Waals surface area contributed by atoms with Crippen LogP contribution < -0.4 is 5.32 Å². The van der Waals surface area contributed by atoms with E-state index in [1.54, 1.807) is 19.3 Å². The molecule has 1 N–H and O–H groups in total. The monoisotopic (exact) mass is 487 g/mol. The van der Waals surface area contributed by atoms with Crippen LogP contribution in [-0.4, -0.2) is 21.4 Å². The van der Waals surface area contributed by atoms with E-state index in [-0.39, 0.29) is 5.78 Å². The summed E-state index contributed by atoms with van der Waals surface area (Å²) in [4.78, 5) is 21.8. The summed E-state index contributed by atoms with van der Waals surface area (Å²) in [5.41, 5.74) is 5.18. The first-order valence-corrected chi connectivity index (χ1v) is 12.0. The number of hydrogen-bond acceptors (Lipinski definition) is 5. The van der Waals surface area contributed by atoms with E-state index in [4.69, 9.17) is 21.3 Å². The summed E-state index contributed by atoms with van der Waals surface area (Å²) in [7, 11) is 0. The molecule has 1 atom stereocenters. The van der Waals surface area contributed by atoms with Gasteiger partial charge in [-0.15, -0.1) is 0 Å². The Hall–Kier alpha value is -3.28. The fraction of sp³-hybridized carbons (Fsp3) is 0.276. The molecule has 180 valence electrons. The molecule has 0 saturated heterocycles. The van der Waals surface area contributed by atoms with Crippen molar-refractivity contribution >= 4 is 34.1 Å². The Bertz CT molecular complexity index is 1350. The number of Topliss-reactive ketones (excluding diaryl/α,β-unsaturated/α-hetero) is 1. The van der Waals surface area contributed by atoms with Crippen LogP contribution in [0.25, 0.3) is 22.0 Å². The first-order valence-electron chi connectivity index (χ1n) is 11.6. The molecule has 0 saturated carbocycles. The summed E-state index contributed by atoms with van der Waals surface area (Å²) in [6.07, 6.45) is 2.85. The van der Waals surface area contributed by atoms with Gasteiger partial charge in [-0.25, -0.2) is 4.98 Å². The number of fused-ring (bicyclic) bond motifs is 1. The normalized spacial score (nSPS) is 12.5. The second-order valence-electron chi connectivity index (χ2n) is 9.68. The highest BCUT2D eigenvalue weighted by Gasteiger charge is 2.29. The fourth-order valence-electron chi connectivity index (χ4n) is 4.18. The molecule has 4 rings (SSSR count). The Morgan fingerprint density at radius 3 is 2.37 bits per heavy atom. The van der Waals surface area contributed by atoms with Gasteiger partial charge in [-0.2, -0.15) is 0 Å². The molecule has 0 aliphatic heterocycles. The molecule has 5 nitrogen and oxygen atoms in total. The van der Waals surface area contributed by atoms with Crippen molar-refractivity contribution in [2.45, 2.75) is 52.9 Å². The molecule has 4 aromatic rings. The van der Waals surface area contributed by atoms with Gasteiger partial charge in [0.2, 0.25) is 0 Å². The van der Waals surface area contributed by atoms with Gasteiger partial charge in [0.1, 0.15) is 11.9 Å². The van der Waals surface area contributed by atoms with Gasteiger partial charge in [0.25, 0.3) is 0 Å². The second kappa shape index (κ2) is 10.1. The van der Waals surface area contributed by atoms with Crippen LogP contribution in [0.2, 0.25) is 5.02 Å². The molecular weight excluding hydrogens is 458 g/mol. The number of pyridine rings is 2. The molecule has 0 amide bonds.